The molecule has 4 heterocycles. The minimum atomic E-state index is -0.406. The molecule has 24 heavy (non-hydrogen) atoms. The van der Waals surface area contributed by atoms with Crippen LogP contribution in [0.5, 0.6) is 0 Å². The first-order chi connectivity index (χ1) is 11.4. The molecule has 0 unspecified atom stereocenters. The van der Waals surface area contributed by atoms with Crippen molar-refractivity contribution in [1.29, 1.82) is 0 Å². The summed E-state index contributed by atoms with van der Waals surface area (Å²) >= 11 is 6.10. The summed E-state index contributed by atoms with van der Waals surface area (Å²) in [7, 11) is 1.76. The van der Waals surface area contributed by atoms with Gasteiger partial charge in [0, 0.05) is 24.8 Å². The summed E-state index contributed by atoms with van der Waals surface area (Å²) in [6.07, 6.45) is 3.44. The normalized spacial score (nSPS) is 19.3. The molecule has 2 saturated heterocycles. The summed E-state index contributed by atoms with van der Waals surface area (Å²) in [6, 6.07) is 1.90. The van der Waals surface area contributed by atoms with Gasteiger partial charge in [0.25, 0.3) is 0 Å². The Balaban J connectivity index is 1.69. The van der Waals surface area contributed by atoms with Crippen LogP contribution in [0.4, 0.5) is 10.6 Å². The van der Waals surface area contributed by atoms with Crippen molar-refractivity contribution < 1.29 is 9.53 Å². The molecule has 2 aliphatic heterocycles. The Morgan fingerprint density at radius 3 is 2.58 bits per heavy atom. The van der Waals surface area contributed by atoms with Gasteiger partial charge in [0.05, 0.1) is 19.6 Å². The number of aromatic nitrogens is 2. The number of rotatable bonds is 2. The fraction of sp³-hybridized carbons (Fsp3) is 0.471. The Labute approximate surface area is 145 Å². The molecule has 0 N–H and O–H groups in total. The van der Waals surface area contributed by atoms with Crippen LogP contribution < -0.4 is 4.90 Å². The number of likely N-dealkylation sites (N-methyl/N-ethyl adjacent to an activating group) is 1. The maximum absolute atomic E-state index is 11.6. The van der Waals surface area contributed by atoms with Gasteiger partial charge in [-0.25, -0.2) is 14.8 Å². The van der Waals surface area contributed by atoms with Crippen LogP contribution in [0, 0.1) is 0 Å². The van der Waals surface area contributed by atoms with Crippen LogP contribution in [-0.2, 0) is 4.74 Å². The molecule has 0 atom stereocenters. The predicted octanol–water partition coefficient (Wildman–Crippen LogP) is 3.05. The first kappa shape index (κ1) is 15.4. The van der Waals surface area contributed by atoms with E-state index in [4.69, 9.17) is 16.3 Å². The predicted molar refractivity (Wildman–Crippen MR) is 92.7 cm³/mol. The van der Waals surface area contributed by atoms with Gasteiger partial charge in [0.15, 0.2) is 5.60 Å². The highest BCUT2D eigenvalue weighted by molar-refractivity contribution is 6.30. The van der Waals surface area contributed by atoms with Crippen LogP contribution in [0.2, 0.25) is 5.15 Å². The van der Waals surface area contributed by atoms with Gasteiger partial charge in [-0.2, -0.15) is 0 Å². The van der Waals surface area contributed by atoms with E-state index in [1.54, 1.807) is 18.1 Å². The topological polar surface area (TPSA) is 58.6 Å². The second-order valence-corrected chi connectivity index (χ2v) is 7.39. The zero-order valence-electron chi connectivity index (χ0n) is 13.9. The lowest BCUT2D eigenvalue weighted by Crippen LogP contribution is -2.64. The first-order valence-electron chi connectivity index (χ1n) is 8.02. The molecule has 1 spiro atoms. The molecular weight excluding hydrogens is 328 g/mol. The van der Waals surface area contributed by atoms with Crippen molar-refractivity contribution in [2.24, 2.45) is 0 Å². The van der Waals surface area contributed by atoms with E-state index in [2.05, 4.69) is 28.7 Å². The van der Waals surface area contributed by atoms with Crippen LogP contribution >= 0.6 is 11.6 Å². The number of pyridine rings is 2. The number of hydrogen-bond acceptors (Lipinski definition) is 5. The maximum atomic E-state index is 11.6. The van der Waals surface area contributed by atoms with Crippen LogP contribution in [0.3, 0.4) is 0 Å². The fourth-order valence-electron chi connectivity index (χ4n) is 3.58. The summed E-state index contributed by atoms with van der Waals surface area (Å²) in [5.41, 5.74) is 0.747. The average molecular weight is 347 g/mol. The lowest BCUT2D eigenvalue weighted by Gasteiger charge is -2.46. The number of nitrogens with zero attached hydrogens (tertiary/aromatic N) is 4. The summed E-state index contributed by atoms with van der Waals surface area (Å²) in [4.78, 5) is 24.3. The van der Waals surface area contributed by atoms with Gasteiger partial charge >= 0.3 is 6.09 Å². The summed E-state index contributed by atoms with van der Waals surface area (Å²) in [5, 5.41) is 2.54. The van der Waals surface area contributed by atoms with Gasteiger partial charge < -0.3 is 14.5 Å². The van der Waals surface area contributed by atoms with E-state index in [0.717, 1.165) is 22.2 Å². The highest BCUT2D eigenvalue weighted by Crippen LogP contribution is 2.38. The monoisotopic (exact) mass is 346 g/mol. The number of halogens is 1. The molecule has 7 heteroatoms. The van der Waals surface area contributed by atoms with Crippen molar-refractivity contribution in [2.45, 2.75) is 25.4 Å². The third-order valence-corrected chi connectivity index (χ3v) is 4.98. The lowest BCUT2D eigenvalue weighted by atomic mass is 9.93. The molecule has 1 amide bonds. The minimum absolute atomic E-state index is 0.254. The van der Waals surface area contributed by atoms with Gasteiger partial charge in [-0.05, 0) is 22.9 Å². The first-order valence-corrected chi connectivity index (χ1v) is 8.39. The van der Waals surface area contributed by atoms with Crippen molar-refractivity contribution in [3.8, 4) is 0 Å². The number of hydrogen-bond donors (Lipinski definition) is 0. The van der Waals surface area contributed by atoms with E-state index in [1.165, 1.54) is 0 Å². The van der Waals surface area contributed by atoms with E-state index in [0.29, 0.717) is 30.7 Å². The van der Waals surface area contributed by atoms with Gasteiger partial charge in [-0.3, -0.25) is 0 Å². The maximum Gasteiger partial charge on any atom is 0.410 e. The Bertz CT molecular complexity index is 833. The lowest BCUT2D eigenvalue weighted by molar-refractivity contribution is 0.0330. The zero-order chi connectivity index (χ0) is 17.1. The molecule has 0 saturated carbocycles. The zero-order valence-corrected chi connectivity index (χ0v) is 14.7. The van der Waals surface area contributed by atoms with Crippen LogP contribution in [-0.4, -0.2) is 53.2 Å². The van der Waals surface area contributed by atoms with Crippen molar-refractivity contribution >= 4 is 34.3 Å². The standard InChI is InChI=1S/C17H19ClN4O2/c1-10(2)12-5-20-15(13-6-19-14(18)4-11(12)13)22-8-17(9-22)7-21(3)16(23)24-17/h4-6,10H,7-9H2,1-3H3. The number of fused-ring (bicyclic) bond motifs is 1. The van der Waals surface area contributed by atoms with Gasteiger partial charge in [0.2, 0.25) is 0 Å². The Morgan fingerprint density at radius 1 is 1.21 bits per heavy atom. The van der Waals surface area contributed by atoms with Crippen LogP contribution in [0.15, 0.2) is 18.5 Å². The van der Waals surface area contributed by atoms with E-state index in [9.17, 15) is 4.79 Å². The van der Waals surface area contributed by atoms with E-state index in [-0.39, 0.29) is 6.09 Å². The molecule has 2 aromatic rings. The van der Waals surface area contributed by atoms with Crippen LogP contribution in [0.1, 0.15) is 25.3 Å². The fourth-order valence-corrected chi connectivity index (χ4v) is 3.74. The SMILES string of the molecule is CC(C)c1cnc(N2CC3(CN(C)C(=O)O3)C2)c2cnc(Cl)cc12. The third-order valence-electron chi connectivity index (χ3n) is 4.77. The second kappa shape index (κ2) is 5.21. The average Bonchev–Trinajstić information content (AvgIpc) is 2.80. The molecule has 2 aromatic heterocycles. The van der Waals surface area contributed by atoms with Crippen LogP contribution in [0.25, 0.3) is 10.8 Å². The number of carbonyl (C=O) groups excluding carboxylic acids is 1. The summed E-state index contributed by atoms with van der Waals surface area (Å²) in [5.74, 6) is 1.22. The van der Waals surface area contributed by atoms with Gasteiger partial charge in [-0.1, -0.05) is 25.4 Å². The van der Waals surface area contributed by atoms with Crippen molar-refractivity contribution in [3.05, 3.63) is 29.2 Å². The number of amides is 1. The second-order valence-electron chi connectivity index (χ2n) is 7.01. The molecule has 0 radical (unpaired) electrons. The highest BCUT2D eigenvalue weighted by atomic mass is 35.5. The Kier molecular flexibility index (Phi) is 3.35. The molecular formula is C17H19ClN4O2. The van der Waals surface area contributed by atoms with E-state index in [1.807, 2.05) is 12.3 Å². The largest absolute Gasteiger partial charge is 0.437 e. The minimum Gasteiger partial charge on any atom is -0.437 e. The Hall–Kier alpha value is -2.08. The van der Waals surface area contributed by atoms with Gasteiger partial charge in [0.1, 0.15) is 11.0 Å². The Morgan fingerprint density at radius 2 is 1.96 bits per heavy atom. The molecule has 0 aromatic carbocycles. The smallest absolute Gasteiger partial charge is 0.410 e. The van der Waals surface area contributed by atoms with Crippen molar-refractivity contribution in [1.82, 2.24) is 14.9 Å². The molecule has 0 aliphatic carbocycles. The third kappa shape index (κ3) is 2.28. The number of anilines is 1. The van der Waals surface area contributed by atoms with Crippen molar-refractivity contribution in [2.75, 3.05) is 31.6 Å². The summed E-state index contributed by atoms with van der Waals surface area (Å²) < 4.78 is 5.52. The quantitative estimate of drug-likeness (QED) is 0.782. The van der Waals surface area contributed by atoms with Gasteiger partial charge in [-0.15, -0.1) is 0 Å². The molecule has 2 fully saturated rings. The number of carbonyl (C=O) groups is 1. The molecule has 2 aliphatic rings. The number of ether oxygens (including phenoxy) is 1. The molecule has 0 bridgehead atoms. The van der Waals surface area contributed by atoms with E-state index < -0.39 is 5.60 Å². The van der Waals surface area contributed by atoms with E-state index >= 15 is 0 Å². The molecule has 126 valence electrons. The molecule has 4 rings (SSSR count). The van der Waals surface area contributed by atoms with Crippen molar-refractivity contribution in [3.63, 3.8) is 0 Å². The molecule has 6 nitrogen and oxygen atoms in total. The highest BCUT2D eigenvalue weighted by Gasteiger charge is 2.53. The summed E-state index contributed by atoms with van der Waals surface area (Å²) in [6.45, 7) is 6.19.